The van der Waals surface area contributed by atoms with E-state index < -0.39 is 0 Å². The molecular weight excluding hydrogens is 402 g/mol. The zero-order valence-electron chi connectivity index (χ0n) is 14.5. The van der Waals surface area contributed by atoms with Gasteiger partial charge in [-0.2, -0.15) is 0 Å². The largest absolute Gasteiger partial charge is 0.379 e. The third-order valence-corrected chi connectivity index (χ3v) is 6.41. The molecule has 0 saturated carbocycles. The number of hydrogen-bond donors (Lipinski definition) is 1. The van der Waals surface area contributed by atoms with Gasteiger partial charge in [-0.15, -0.1) is 22.7 Å². The number of hydrogen-bond acceptors (Lipinski definition) is 6. The van der Waals surface area contributed by atoms with Gasteiger partial charge in [0.05, 0.1) is 23.8 Å². The van der Waals surface area contributed by atoms with E-state index in [1.54, 1.807) is 0 Å². The highest BCUT2D eigenvalue weighted by molar-refractivity contribution is 7.17. The van der Waals surface area contributed by atoms with Gasteiger partial charge in [-0.05, 0) is 29.8 Å². The topological polar surface area (TPSA) is 54.5 Å². The molecule has 1 N–H and O–H groups in total. The molecule has 140 valence electrons. The quantitative estimate of drug-likeness (QED) is 0.656. The molecule has 4 rings (SSSR count). The molecule has 27 heavy (non-hydrogen) atoms. The zero-order valence-corrected chi connectivity index (χ0v) is 16.9. The molecule has 3 aromatic rings. The predicted octanol–water partition coefficient (Wildman–Crippen LogP) is 4.61. The minimum Gasteiger partial charge on any atom is -0.379 e. The molecule has 5 nitrogen and oxygen atoms in total. The van der Waals surface area contributed by atoms with E-state index in [-0.39, 0.29) is 5.91 Å². The Hall–Kier alpha value is -1.77. The number of thiophene rings is 1. The van der Waals surface area contributed by atoms with Crippen LogP contribution in [-0.4, -0.2) is 42.1 Å². The van der Waals surface area contributed by atoms with Crippen molar-refractivity contribution in [1.29, 1.82) is 0 Å². The number of nitrogens with one attached hydrogen (secondary N) is 1. The van der Waals surface area contributed by atoms with E-state index in [4.69, 9.17) is 16.3 Å². The van der Waals surface area contributed by atoms with Crippen LogP contribution in [0.3, 0.4) is 0 Å². The standard InChI is InChI=1S/C19H18ClN3O2S2/c20-14-3-1-13(2-4-14)16-5-6-17(27-16)18(24)22-19-21-15(12-26-19)11-23-7-9-25-10-8-23/h1-6,12H,7-11H2,(H,21,22,24). The second kappa shape index (κ2) is 8.50. The number of ether oxygens (including phenoxy) is 1. The van der Waals surface area contributed by atoms with Gasteiger partial charge >= 0.3 is 0 Å². The summed E-state index contributed by atoms with van der Waals surface area (Å²) in [5.74, 6) is -0.132. The Morgan fingerprint density at radius 1 is 1.19 bits per heavy atom. The monoisotopic (exact) mass is 419 g/mol. The smallest absolute Gasteiger partial charge is 0.267 e. The predicted molar refractivity (Wildman–Crippen MR) is 111 cm³/mol. The number of anilines is 1. The Balaban J connectivity index is 1.38. The van der Waals surface area contributed by atoms with Crippen LogP contribution in [0.25, 0.3) is 10.4 Å². The summed E-state index contributed by atoms with van der Waals surface area (Å²) in [7, 11) is 0. The lowest BCUT2D eigenvalue weighted by Gasteiger charge is -2.25. The maximum absolute atomic E-state index is 12.5. The van der Waals surface area contributed by atoms with E-state index in [2.05, 4.69) is 15.2 Å². The Labute approximate surface area is 170 Å². The lowest BCUT2D eigenvalue weighted by Crippen LogP contribution is -2.35. The Bertz CT molecular complexity index is 917. The molecule has 1 aliphatic rings. The van der Waals surface area contributed by atoms with Crippen molar-refractivity contribution in [2.45, 2.75) is 6.54 Å². The van der Waals surface area contributed by atoms with Crippen molar-refractivity contribution < 1.29 is 9.53 Å². The van der Waals surface area contributed by atoms with Crippen LogP contribution in [0.1, 0.15) is 15.4 Å². The Kier molecular flexibility index (Phi) is 5.85. The molecular formula is C19H18ClN3O2S2. The van der Waals surface area contributed by atoms with Gasteiger partial charge in [-0.3, -0.25) is 15.0 Å². The fourth-order valence-corrected chi connectivity index (χ4v) is 4.54. The maximum atomic E-state index is 12.5. The fourth-order valence-electron chi connectivity index (χ4n) is 2.81. The summed E-state index contributed by atoms with van der Waals surface area (Å²) < 4.78 is 5.36. The van der Waals surface area contributed by atoms with E-state index in [0.29, 0.717) is 15.0 Å². The van der Waals surface area contributed by atoms with Crippen molar-refractivity contribution >= 4 is 45.3 Å². The van der Waals surface area contributed by atoms with Crippen molar-refractivity contribution in [2.24, 2.45) is 0 Å². The van der Waals surface area contributed by atoms with Crippen LogP contribution in [0, 0.1) is 0 Å². The second-order valence-electron chi connectivity index (χ2n) is 6.16. The fraction of sp³-hybridized carbons (Fsp3) is 0.263. The van der Waals surface area contributed by atoms with Gasteiger partial charge in [0.25, 0.3) is 5.91 Å². The third-order valence-electron chi connectivity index (χ3n) is 4.22. The summed E-state index contributed by atoms with van der Waals surface area (Å²) in [5.41, 5.74) is 2.02. The normalized spacial score (nSPS) is 15.0. The first-order valence-electron chi connectivity index (χ1n) is 8.59. The van der Waals surface area contributed by atoms with Crippen LogP contribution in [0.5, 0.6) is 0 Å². The first-order valence-corrected chi connectivity index (χ1v) is 10.7. The highest BCUT2D eigenvalue weighted by atomic mass is 35.5. The number of nitrogens with zero attached hydrogens (tertiary/aromatic N) is 2. The number of morpholine rings is 1. The van der Waals surface area contributed by atoms with Crippen LogP contribution in [0.2, 0.25) is 5.02 Å². The first-order chi connectivity index (χ1) is 13.2. The molecule has 0 atom stereocenters. The maximum Gasteiger partial charge on any atom is 0.267 e. The van der Waals surface area contributed by atoms with Gasteiger partial charge in [0, 0.05) is 34.9 Å². The van der Waals surface area contributed by atoms with Crippen LogP contribution >= 0.6 is 34.3 Å². The van der Waals surface area contributed by atoms with E-state index in [9.17, 15) is 4.79 Å². The Morgan fingerprint density at radius 3 is 2.74 bits per heavy atom. The summed E-state index contributed by atoms with van der Waals surface area (Å²) in [4.78, 5) is 21.1. The molecule has 0 bridgehead atoms. The number of aromatic nitrogens is 1. The number of carbonyl (C=O) groups is 1. The number of halogens is 1. The van der Waals surface area contributed by atoms with Gasteiger partial charge in [0.15, 0.2) is 5.13 Å². The average Bonchev–Trinajstić information content (AvgIpc) is 3.33. The van der Waals surface area contributed by atoms with E-state index >= 15 is 0 Å². The molecule has 1 aromatic carbocycles. The van der Waals surface area contributed by atoms with E-state index in [1.807, 2.05) is 41.8 Å². The number of rotatable bonds is 5. The van der Waals surface area contributed by atoms with Crippen molar-refractivity contribution in [1.82, 2.24) is 9.88 Å². The Morgan fingerprint density at radius 2 is 1.96 bits per heavy atom. The molecule has 3 heterocycles. The minimum absolute atomic E-state index is 0.132. The van der Waals surface area contributed by atoms with Crippen LogP contribution in [0.15, 0.2) is 41.8 Å². The van der Waals surface area contributed by atoms with Crippen LogP contribution in [0.4, 0.5) is 5.13 Å². The molecule has 0 aliphatic carbocycles. The van der Waals surface area contributed by atoms with Crippen molar-refractivity contribution in [3.63, 3.8) is 0 Å². The number of amides is 1. The lowest BCUT2D eigenvalue weighted by molar-refractivity contribution is 0.0337. The number of carbonyl (C=O) groups excluding carboxylic acids is 1. The summed E-state index contributed by atoms with van der Waals surface area (Å²) in [6, 6.07) is 11.4. The van der Waals surface area contributed by atoms with Crippen LogP contribution in [-0.2, 0) is 11.3 Å². The van der Waals surface area contributed by atoms with Crippen molar-refractivity contribution in [3.05, 3.63) is 57.4 Å². The van der Waals surface area contributed by atoms with Gasteiger partial charge in [0.1, 0.15) is 0 Å². The number of thiazole rings is 1. The summed E-state index contributed by atoms with van der Waals surface area (Å²) in [6.07, 6.45) is 0. The zero-order chi connectivity index (χ0) is 18.6. The first kappa shape index (κ1) is 18.6. The minimum atomic E-state index is -0.132. The lowest BCUT2D eigenvalue weighted by atomic mass is 10.2. The molecule has 2 aromatic heterocycles. The van der Waals surface area contributed by atoms with Crippen LogP contribution < -0.4 is 5.32 Å². The summed E-state index contributed by atoms with van der Waals surface area (Å²) in [6.45, 7) is 4.16. The van der Waals surface area contributed by atoms with Crippen molar-refractivity contribution in [3.8, 4) is 10.4 Å². The van der Waals surface area contributed by atoms with Gasteiger partial charge in [-0.1, -0.05) is 23.7 Å². The SMILES string of the molecule is O=C(Nc1nc(CN2CCOCC2)cs1)c1ccc(-c2ccc(Cl)cc2)s1. The van der Waals surface area contributed by atoms with Gasteiger partial charge in [0.2, 0.25) is 0 Å². The molecule has 0 spiro atoms. The molecule has 0 radical (unpaired) electrons. The summed E-state index contributed by atoms with van der Waals surface area (Å²) in [5, 5.41) is 6.23. The average molecular weight is 420 g/mol. The third kappa shape index (κ3) is 4.75. The van der Waals surface area contributed by atoms with Gasteiger partial charge < -0.3 is 4.74 Å². The molecule has 0 unspecified atom stereocenters. The molecule has 1 amide bonds. The van der Waals surface area contributed by atoms with E-state index in [0.717, 1.165) is 49.0 Å². The van der Waals surface area contributed by atoms with Gasteiger partial charge in [-0.25, -0.2) is 4.98 Å². The molecule has 8 heteroatoms. The second-order valence-corrected chi connectivity index (χ2v) is 8.54. The van der Waals surface area contributed by atoms with E-state index in [1.165, 1.54) is 22.7 Å². The molecule has 1 saturated heterocycles. The number of benzene rings is 1. The highest BCUT2D eigenvalue weighted by Gasteiger charge is 2.15. The van der Waals surface area contributed by atoms with Crippen molar-refractivity contribution in [2.75, 3.05) is 31.6 Å². The summed E-state index contributed by atoms with van der Waals surface area (Å²) >= 11 is 8.84. The molecule has 1 fully saturated rings. The molecule has 1 aliphatic heterocycles. The highest BCUT2D eigenvalue weighted by Crippen LogP contribution is 2.29.